The topological polar surface area (TPSA) is 79.9 Å². The highest BCUT2D eigenvalue weighted by molar-refractivity contribution is 5.77. The normalized spacial score (nSPS) is 10.4. The predicted molar refractivity (Wildman–Crippen MR) is 89.1 cm³/mol. The zero-order valence-electron chi connectivity index (χ0n) is 13.4. The van der Waals surface area contributed by atoms with Gasteiger partial charge in [0.25, 0.3) is 0 Å². The lowest BCUT2D eigenvalue weighted by atomic mass is 10.2. The van der Waals surface area contributed by atoms with Gasteiger partial charge in [0.1, 0.15) is 18.2 Å². The van der Waals surface area contributed by atoms with E-state index in [0.29, 0.717) is 18.2 Å². The van der Waals surface area contributed by atoms with Gasteiger partial charge in [0.2, 0.25) is 5.91 Å². The molecule has 1 amide bonds. The van der Waals surface area contributed by atoms with E-state index in [1.54, 1.807) is 12.1 Å². The number of nitrogens with zero attached hydrogens (tertiary/aromatic N) is 2. The molecule has 2 N–H and O–H groups in total. The van der Waals surface area contributed by atoms with Crippen molar-refractivity contribution in [1.82, 2.24) is 20.5 Å². The summed E-state index contributed by atoms with van der Waals surface area (Å²) < 4.78 is 18.4. The van der Waals surface area contributed by atoms with Crippen LogP contribution in [-0.2, 0) is 24.4 Å². The first kappa shape index (κ1) is 16.6. The van der Waals surface area contributed by atoms with Crippen molar-refractivity contribution in [3.8, 4) is 5.75 Å². The number of carbonyl (C=O) groups excluding carboxylic acids is 1. The molecule has 7 heteroatoms. The Labute approximate surface area is 144 Å². The Bertz CT molecular complexity index is 819. The molecule has 3 rings (SSSR count). The molecular weight excluding hydrogens is 323 g/mol. The fourth-order valence-corrected chi connectivity index (χ4v) is 2.16. The first-order valence-corrected chi connectivity index (χ1v) is 7.78. The van der Waals surface area contributed by atoms with Crippen LogP contribution in [0.4, 0.5) is 4.39 Å². The fourth-order valence-electron chi connectivity index (χ4n) is 2.16. The van der Waals surface area contributed by atoms with E-state index in [2.05, 4.69) is 20.5 Å². The zero-order valence-corrected chi connectivity index (χ0v) is 13.4. The third kappa shape index (κ3) is 5.13. The van der Waals surface area contributed by atoms with Crippen molar-refractivity contribution in [2.24, 2.45) is 0 Å². The molecule has 1 aromatic heterocycles. The molecule has 0 saturated heterocycles. The van der Waals surface area contributed by atoms with Crippen LogP contribution in [0.25, 0.3) is 0 Å². The number of amides is 1. The summed E-state index contributed by atoms with van der Waals surface area (Å²) in [4.78, 5) is 16.2. The predicted octanol–water partition coefficient (Wildman–Crippen LogP) is 2.38. The highest BCUT2D eigenvalue weighted by atomic mass is 19.1. The molecule has 25 heavy (non-hydrogen) atoms. The summed E-state index contributed by atoms with van der Waals surface area (Å²) >= 11 is 0. The lowest BCUT2D eigenvalue weighted by Crippen LogP contribution is -2.25. The van der Waals surface area contributed by atoms with Crippen molar-refractivity contribution in [1.29, 1.82) is 0 Å². The number of ether oxygens (including phenoxy) is 1. The summed E-state index contributed by atoms with van der Waals surface area (Å²) in [5, 5.41) is 9.51. The number of carbonyl (C=O) groups is 1. The average Bonchev–Trinajstić information content (AvgIpc) is 3.08. The maximum atomic E-state index is 12.8. The van der Waals surface area contributed by atoms with Crippen LogP contribution in [-0.4, -0.2) is 21.1 Å². The molecule has 0 bridgehead atoms. The molecule has 3 aromatic rings. The number of aromatic amines is 1. The Morgan fingerprint density at radius 3 is 2.64 bits per heavy atom. The smallest absolute Gasteiger partial charge is 0.228 e. The van der Waals surface area contributed by atoms with E-state index < -0.39 is 0 Å². The molecule has 128 valence electrons. The van der Waals surface area contributed by atoms with E-state index >= 15 is 0 Å². The van der Waals surface area contributed by atoms with Crippen molar-refractivity contribution >= 4 is 5.91 Å². The highest BCUT2D eigenvalue weighted by Crippen LogP contribution is 2.10. The van der Waals surface area contributed by atoms with Crippen molar-refractivity contribution in [3.63, 3.8) is 0 Å². The van der Waals surface area contributed by atoms with Crippen molar-refractivity contribution in [3.05, 3.63) is 77.6 Å². The molecule has 0 unspecified atom stereocenters. The van der Waals surface area contributed by atoms with Crippen LogP contribution in [0.2, 0.25) is 0 Å². The number of hydrogen-bond donors (Lipinski definition) is 2. The Hall–Kier alpha value is -3.22. The number of para-hydroxylation sites is 1. The van der Waals surface area contributed by atoms with Gasteiger partial charge in [-0.05, 0) is 29.8 Å². The summed E-state index contributed by atoms with van der Waals surface area (Å²) in [6.45, 7) is 0.571. The minimum Gasteiger partial charge on any atom is -0.486 e. The maximum Gasteiger partial charge on any atom is 0.228 e. The monoisotopic (exact) mass is 340 g/mol. The molecule has 0 saturated carbocycles. The third-order valence-electron chi connectivity index (χ3n) is 3.42. The second kappa shape index (κ2) is 8.05. The van der Waals surface area contributed by atoms with Crippen LogP contribution in [0, 0.1) is 5.82 Å². The number of rotatable bonds is 7. The molecule has 0 aliphatic carbocycles. The van der Waals surface area contributed by atoms with Crippen molar-refractivity contribution < 1.29 is 13.9 Å². The lowest BCUT2D eigenvalue weighted by Gasteiger charge is -2.04. The largest absolute Gasteiger partial charge is 0.486 e. The summed E-state index contributed by atoms with van der Waals surface area (Å²) in [7, 11) is 0. The van der Waals surface area contributed by atoms with Gasteiger partial charge in [-0.25, -0.2) is 9.37 Å². The summed E-state index contributed by atoms with van der Waals surface area (Å²) in [5.41, 5.74) is 0.821. The van der Waals surface area contributed by atoms with Crippen molar-refractivity contribution in [2.75, 3.05) is 0 Å². The average molecular weight is 340 g/mol. The van der Waals surface area contributed by atoms with E-state index in [1.807, 2.05) is 30.3 Å². The van der Waals surface area contributed by atoms with Crippen LogP contribution in [0.1, 0.15) is 17.2 Å². The van der Waals surface area contributed by atoms with Crippen LogP contribution < -0.4 is 10.1 Å². The second-order valence-corrected chi connectivity index (χ2v) is 5.38. The van der Waals surface area contributed by atoms with E-state index in [1.165, 1.54) is 12.1 Å². The molecule has 0 fully saturated rings. The van der Waals surface area contributed by atoms with Gasteiger partial charge >= 0.3 is 0 Å². The van der Waals surface area contributed by atoms with Gasteiger partial charge in [0.15, 0.2) is 11.6 Å². The van der Waals surface area contributed by atoms with Crippen LogP contribution >= 0.6 is 0 Å². The Morgan fingerprint density at radius 1 is 1.12 bits per heavy atom. The van der Waals surface area contributed by atoms with Gasteiger partial charge in [-0.15, -0.1) is 0 Å². The summed E-state index contributed by atoms with van der Waals surface area (Å²) in [6, 6.07) is 15.3. The number of hydrogen-bond acceptors (Lipinski definition) is 4. The summed E-state index contributed by atoms with van der Waals surface area (Å²) in [6.07, 6.45) is 0.0586. The highest BCUT2D eigenvalue weighted by Gasteiger charge is 2.09. The van der Waals surface area contributed by atoms with Gasteiger partial charge in [-0.3, -0.25) is 9.89 Å². The quantitative estimate of drug-likeness (QED) is 0.692. The van der Waals surface area contributed by atoms with Crippen LogP contribution in [0.5, 0.6) is 5.75 Å². The van der Waals surface area contributed by atoms with Gasteiger partial charge in [0.05, 0.1) is 6.42 Å². The number of halogens is 1. The third-order valence-corrected chi connectivity index (χ3v) is 3.42. The minimum atomic E-state index is -0.305. The number of H-pyrrole nitrogens is 1. The first-order valence-electron chi connectivity index (χ1n) is 7.78. The lowest BCUT2D eigenvalue weighted by molar-refractivity contribution is -0.120. The van der Waals surface area contributed by atoms with Crippen LogP contribution in [0.3, 0.4) is 0 Å². The first-order chi connectivity index (χ1) is 12.2. The van der Waals surface area contributed by atoms with Gasteiger partial charge in [-0.2, -0.15) is 5.10 Å². The number of benzene rings is 2. The van der Waals surface area contributed by atoms with Gasteiger partial charge in [-0.1, -0.05) is 30.3 Å². The summed E-state index contributed by atoms with van der Waals surface area (Å²) in [5.74, 6) is 1.16. The van der Waals surface area contributed by atoms with E-state index in [0.717, 1.165) is 11.3 Å². The van der Waals surface area contributed by atoms with Gasteiger partial charge in [0, 0.05) is 6.54 Å². The molecule has 0 radical (unpaired) electrons. The van der Waals surface area contributed by atoms with Crippen LogP contribution in [0.15, 0.2) is 54.6 Å². The SMILES string of the molecule is O=C(Cc1n[nH]c(COc2ccccc2)n1)NCc1ccc(F)cc1. The van der Waals surface area contributed by atoms with E-state index in [4.69, 9.17) is 4.74 Å². The number of aromatic nitrogens is 3. The Balaban J connectivity index is 1.45. The molecule has 2 aromatic carbocycles. The molecule has 0 aliphatic heterocycles. The second-order valence-electron chi connectivity index (χ2n) is 5.38. The molecular formula is C18H17FN4O2. The molecule has 0 atom stereocenters. The fraction of sp³-hybridized carbons (Fsp3) is 0.167. The number of nitrogens with one attached hydrogen (secondary N) is 2. The maximum absolute atomic E-state index is 12.8. The molecule has 6 nitrogen and oxygen atoms in total. The Morgan fingerprint density at radius 2 is 1.88 bits per heavy atom. The van der Waals surface area contributed by atoms with E-state index in [-0.39, 0.29) is 24.8 Å². The van der Waals surface area contributed by atoms with Gasteiger partial charge < -0.3 is 10.1 Å². The van der Waals surface area contributed by atoms with Crippen molar-refractivity contribution in [2.45, 2.75) is 19.6 Å². The molecule has 1 heterocycles. The molecule has 0 aliphatic rings. The zero-order chi connectivity index (χ0) is 17.5. The van der Waals surface area contributed by atoms with E-state index in [9.17, 15) is 9.18 Å². The standard InChI is InChI=1S/C18H17FN4O2/c19-14-8-6-13(7-9-14)11-20-18(24)10-16-21-17(23-22-16)12-25-15-4-2-1-3-5-15/h1-9H,10-12H2,(H,20,24)(H,21,22,23). The minimum absolute atomic E-state index is 0.0586. The Kier molecular flexibility index (Phi) is 5.36. The molecule has 0 spiro atoms.